The maximum Gasteiger partial charge on any atom is 0.105 e. The van der Waals surface area contributed by atoms with E-state index in [9.17, 15) is 0 Å². The van der Waals surface area contributed by atoms with E-state index in [2.05, 4.69) is 46.9 Å². The van der Waals surface area contributed by atoms with Gasteiger partial charge in [0.25, 0.3) is 0 Å². The summed E-state index contributed by atoms with van der Waals surface area (Å²) in [6, 6.07) is 12.6. The number of benzene rings is 1. The molecular weight excluding hydrogens is 280 g/mol. The molecule has 0 fully saturated rings. The van der Waals surface area contributed by atoms with E-state index in [1.165, 1.54) is 0 Å². The number of thiazole rings is 1. The maximum absolute atomic E-state index is 5.39. The third-order valence-corrected chi connectivity index (χ3v) is 4.05. The molecule has 0 radical (unpaired) electrons. The predicted octanol–water partition coefficient (Wildman–Crippen LogP) is 4.75. The van der Waals surface area contributed by atoms with E-state index in [0.717, 1.165) is 34.1 Å². The Labute approximate surface area is 128 Å². The quantitative estimate of drug-likeness (QED) is 0.738. The van der Waals surface area contributed by atoms with Crippen molar-refractivity contribution in [1.82, 2.24) is 4.98 Å². The third kappa shape index (κ3) is 3.52. The fraction of sp³-hybridized carbons (Fsp3) is 0.235. The first-order chi connectivity index (χ1) is 10.2. The lowest BCUT2D eigenvalue weighted by Crippen LogP contribution is -2.17. The molecule has 21 heavy (non-hydrogen) atoms. The maximum atomic E-state index is 5.39. The van der Waals surface area contributed by atoms with E-state index in [-0.39, 0.29) is 0 Å². The van der Waals surface area contributed by atoms with Crippen LogP contribution in [0.3, 0.4) is 0 Å². The van der Waals surface area contributed by atoms with Gasteiger partial charge in [-0.15, -0.1) is 11.3 Å². The molecule has 1 unspecified atom stereocenters. The lowest BCUT2D eigenvalue weighted by molar-refractivity contribution is 0.498. The molecule has 1 aromatic carbocycles. The molecule has 1 N–H and O–H groups in total. The van der Waals surface area contributed by atoms with Crippen LogP contribution in [0.4, 0.5) is 5.69 Å². The summed E-state index contributed by atoms with van der Waals surface area (Å²) in [6.45, 7) is 4.18. The van der Waals surface area contributed by atoms with Gasteiger partial charge in [-0.2, -0.15) is 0 Å². The summed E-state index contributed by atoms with van der Waals surface area (Å²) < 4.78 is 5.39. The summed E-state index contributed by atoms with van der Waals surface area (Å²) in [5.41, 5.74) is 3.30. The lowest BCUT2D eigenvalue weighted by Gasteiger charge is -2.14. The van der Waals surface area contributed by atoms with Gasteiger partial charge in [-0.05, 0) is 38.1 Å². The number of hydrogen-bond donors (Lipinski definition) is 1. The Morgan fingerprint density at radius 3 is 2.90 bits per heavy atom. The van der Waals surface area contributed by atoms with Crippen molar-refractivity contribution in [2.45, 2.75) is 26.3 Å². The van der Waals surface area contributed by atoms with Crippen molar-refractivity contribution in [2.24, 2.45) is 0 Å². The van der Waals surface area contributed by atoms with Crippen molar-refractivity contribution in [2.75, 3.05) is 5.32 Å². The molecule has 0 aliphatic carbocycles. The Morgan fingerprint density at radius 2 is 2.19 bits per heavy atom. The van der Waals surface area contributed by atoms with Gasteiger partial charge in [-0.1, -0.05) is 12.1 Å². The molecule has 3 rings (SSSR count). The van der Waals surface area contributed by atoms with E-state index in [1.54, 1.807) is 17.6 Å². The standard InChI is InChI=1S/C17H18N2OS/c1-12(9-16-7-4-8-20-16)18-15-6-3-5-14(10-15)17-11-21-13(2)19-17/h3-8,10-12,18H,9H2,1-2H3. The van der Waals surface area contributed by atoms with Crippen LogP contribution >= 0.6 is 11.3 Å². The Bertz CT molecular complexity index is 703. The molecule has 2 aromatic heterocycles. The highest BCUT2D eigenvalue weighted by atomic mass is 32.1. The van der Waals surface area contributed by atoms with Crippen molar-refractivity contribution in [3.8, 4) is 11.3 Å². The second-order valence-corrected chi connectivity index (χ2v) is 6.22. The van der Waals surface area contributed by atoms with Gasteiger partial charge in [0.15, 0.2) is 0 Å². The van der Waals surface area contributed by atoms with Gasteiger partial charge in [-0.25, -0.2) is 4.98 Å². The number of nitrogens with zero attached hydrogens (tertiary/aromatic N) is 1. The monoisotopic (exact) mass is 298 g/mol. The summed E-state index contributed by atoms with van der Waals surface area (Å²) in [6.07, 6.45) is 2.58. The van der Waals surface area contributed by atoms with E-state index in [0.29, 0.717) is 6.04 Å². The van der Waals surface area contributed by atoms with E-state index in [1.807, 2.05) is 19.1 Å². The van der Waals surface area contributed by atoms with E-state index >= 15 is 0 Å². The first-order valence-corrected chi connectivity index (χ1v) is 7.90. The molecule has 0 saturated carbocycles. The summed E-state index contributed by atoms with van der Waals surface area (Å²) in [5, 5.41) is 6.70. The van der Waals surface area contributed by atoms with Gasteiger partial charge < -0.3 is 9.73 Å². The number of aromatic nitrogens is 1. The molecule has 0 amide bonds. The average Bonchev–Trinajstić information content (AvgIpc) is 3.10. The molecule has 108 valence electrons. The fourth-order valence-electron chi connectivity index (χ4n) is 2.33. The lowest BCUT2D eigenvalue weighted by atomic mass is 10.1. The van der Waals surface area contributed by atoms with Crippen LogP contribution in [0.1, 0.15) is 17.7 Å². The van der Waals surface area contributed by atoms with Crippen LogP contribution in [0.25, 0.3) is 11.3 Å². The SMILES string of the molecule is Cc1nc(-c2cccc(NC(C)Cc3ccco3)c2)cs1. The van der Waals surface area contributed by atoms with Crippen LogP contribution in [-0.4, -0.2) is 11.0 Å². The van der Waals surface area contributed by atoms with Gasteiger partial charge in [-0.3, -0.25) is 0 Å². The first-order valence-electron chi connectivity index (χ1n) is 7.02. The topological polar surface area (TPSA) is 38.1 Å². The summed E-state index contributed by atoms with van der Waals surface area (Å²) in [5.74, 6) is 1.00. The summed E-state index contributed by atoms with van der Waals surface area (Å²) in [7, 11) is 0. The van der Waals surface area contributed by atoms with Crippen LogP contribution in [0.2, 0.25) is 0 Å². The molecule has 4 heteroatoms. The Morgan fingerprint density at radius 1 is 1.29 bits per heavy atom. The van der Waals surface area contributed by atoms with Crippen LogP contribution in [-0.2, 0) is 6.42 Å². The number of aryl methyl sites for hydroxylation is 1. The summed E-state index contributed by atoms with van der Waals surface area (Å²) in [4.78, 5) is 4.54. The Hall–Kier alpha value is -2.07. The first kappa shape index (κ1) is 13.9. The molecule has 0 bridgehead atoms. The average molecular weight is 298 g/mol. The number of nitrogens with one attached hydrogen (secondary N) is 1. The van der Waals surface area contributed by atoms with Crippen molar-refractivity contribution < 1.29 is 4.42 Å². The molecule has 2 heterocycles. The van der Waals surface area contributed by atoms with Crippen molar-refractivity contribution >= 4 is 17.0 Å². The predicted molar refractivity (Wildman–Crippen MR) is 87.8 cm³/mol. The third-order valence-electron chi connectivity index (χ3n) is 3.28. The molecule has 0 spiro atoms. The van der Waals surface area contributed by atoms with Gasteiger partial charge in [0, 0.05) is 29.1 Å². The van der Waals surface area contributed by atoms with Gasteiger partial charge >= 0.3 is 0 Å². The second kappa shape index (κ2) is 6.14. The zero-order chi connectivity index (χ0) is 14.7. The highest BCUT2D eigenvalue weighted by Crippen LogP contribution is 2.24. The van der Waals surface area contributed by atoms with E-state index in [4.69, 9.17) is 4.42 Å². The number of anilines is 1. The largest absolute Gasteiger partial charge is 0.469 e. The van der Waals surface area contributed by atoms with Crippen LogP contribution in [0, 0.1) is 6.92 Å². The molecule has 3 aromatic rings. The molecule has 0 saturated heterocycles. The Balaban J connectivity index is 1.71. The van der Waals surface area contributed by atoms with Gasteiger partial charge in [0.2, 0.25) is 0 Å². The highest BCUT2D eigenvalue weighted by molar-refractivity contribution is 7.09. The van der Waals surface area contributed by atoms with Crippen molar-refractivity contribution in [3.05, 3.63) is 58.8 Å². The fourth-order valence-corrected chi connectivity index (χ4v) is 2.95. The normalized spacial score (nSPS) is 12.3. The highest BCUT2D eigenvalue weighted by Gasteiger charge is 2.07. The number of hydrogen-bond acceptors (Lipinski definition) is 4. The minimum atomic E-state index is 0.309. The molecule has 0 aliphatic heterocycles. The molecule has 3 nitrogen and oxygen atoms in total. The minimum Gasteiger partial charge on any atom is -0.469 e. The Kier molecular flexibility index (Phi) is 4.06. The zero-order valence-corrected chi connectivity index (χ0v) is 13.0. The minimum absolute atomic E-state index is 0.309. The molecule has 0 aliphatic rings. The second-order valence-electron chi connectivity index (χ2n) is 5.16. The van der Waals surface area contributed by atoms with Crippen LogP contribution in [0.15, 0.2) is 52.5 Å². The van der Waals surface area contributed by atoms with Gasteiger partial charge in [0.05, 0.1) is 17.0 Å². The van der Waals surface area contributed by atoms with Crippen molar-refractivity contribution in [1.29, 1.82) is 0 Å². The number of furan rings is 1. The molecule has 1 atom stereocenters. The smallest absolute Gasteiger partial charge is 0.105 e. The van der Waals surface area contributed by atoms with E-state index < -0.39 is 0 Å². The number of rotatable bonds is 5. The van der Waals surface area contributed by atoms with Gasteiger partial charge in [0.1, 0.15) is 5.76 Å². The van der Waals surface area contributed by atoms with Crippen LogP contribution < -0.4 is 5.32 Å². The van der Waals surface area contributed by atoms with Crippen LogP contribution in [0.5, 0.6) is 0 Å². The van der Waals surface area contributed by atoms with Crippen molar-refractivity contribution in [3.63, 3.8) is 0 Å². The molecular formula is C17H18N2OS. The summed E-state index contributed by atoms with van der Waals surface area (Å²) >= 11 is 1.68. The zero-order valence-electron chi connectivity index (χ0n) is 12.2.